The first-order chi connectivity index (χ1) is 21.9. The number of piperazine rings is 1. The summed E-state index contributed by atoms with van der Waals surface area (Å²) in [6, 6.07) is 7.09. The summed E-state index contributed by atoms with van der Waals surface area (Å²) < 4.78 is 21.7. The minimum atomic E-state index is -0.808. The summed E-state index contributed by atoms with van der Waals surface area (Å²) in [7, 11) is 1.19. The summed E-state index contributed by atoms with van der Waals surface area (Å²) in [4.78, 5) is 56.6. The van der Waals surface area contributed by atoms with Gasteiger partial charge in [0.15, 0.2) is 5.65 Å². The first-order valence-electron chi connectivity index (χ1n) is 14.8. The number of benzene rings is 1. The van der Waals surface area contributed by atoms with Crippen molar-refractivity contribution >= 4 is 46.1 Å². The average molecular weight is 664 g/mol. The molecule has 1 aliphatic rings. The highest BCUT2D eigenvalue weighted by molar-refractivity contribution is 6.34. The third kappa shape index (κ3) is 6.42. The second-order valence-corrected chi connectivity index (χ2v) is 12.0. The number of aryl methyl sites for hydroxylation is 1. The van der Waals surface area contributed by atoms with Crippen molar-refractivity contribution in [2.45, 2.75) is 60.0 Å². The lowest BCUT2D eigenvalue weighted by Gasteiger charge is -2.44. The second-order valence-electron chi connectivity index (χ2n) is 11.6. The topological polar surface area (TPSA) is 123 Å². The van der Waals surface area contributed by atoms with E-state index in [0.717, 1.165) is 5.56 Å². The van der Waals surface area contributed by atoms with Crippen molar-refractivity contribution in [3.8, 4) is 16.9 Å². The van der Waals surface area contributed by atoms with Gasteiger partial charge in [-0.2, -0.15) is 4.98 Å². The van der Waals surface area contributed by atoms with Gasteiger partial charge in [-0.05, 0) is 62.6 Å². The van der Waals surface area contributed by atoms with Crippen LogP contribution in [0.5, 0.6) is 0 Å². The Kier molecular flexibility index (Phi) is 10.3. The van der Waals surface area contributed by atoms with Gasteiger partial charge in [-0.15, -0.1) is 0 Å². The zero-order chi connectivity index (χ0) is 33.4. The lowest BCUT2D eigenvalue weighted by molar-refractivity contribution is -0.128. The number of ether oxygens (including phenoxy) is 1. The van der Waals surface area contributed by atoms with E-state index in [1.54, 1.807) is 23.2 Å². The Labute approximate surface area is 278 Å². The highest BCUT2D eigenvalue weighted by Crippen LogP contribution is 2.39. The maximum absolute atomic E-state index is 15.6. The number of hydrogen-bond donors (Lipinski definition) is 1. The second kappa shape index (κ2) is 13.9. The lowest BCUT2D eigenvalue weighted by atomic mass is 10.0. The molecular weight excluding hydrogens is 625 g/mol. The molecule has 1 aromatic carbocycles. The molecule has 1 saturated heterocycles. The summed E-state index contributed by atoms with van der Waals surface area (Å²) in [5.74, 6) is -0.619. The van der Waals surface area contributed by atoms with Crippen molar-refractivity contribution in [1.29, 1.82) is 0 Å². The van der Waals surface area contributed by atoms with E-state index in [9.17, 15) is 14.4 Å². The zero-order valence-electron chi connectivity index (χ0n) is 26.5. The molecular formula is C34H39ClFN7O4. The van der Waals surface area contributed by atoms with Gasteiger partial charge in [-0.1, -0.05) is 45.5 Å². The van der Waals surface area contributed by atoms with Gasteiger partial charge in [-0.25, -0.2) is 23.5 Å². The van der Waals surface area contributed by atoms with E-state index < -0.39 is 17.6 Å². The molecule has 4 aromatic rings. The maximum atomic E-state index is 15.6. The van der Waals surface area contributed by atoms with Gasteiger partial charge in [-0.3, -0.25) is 15.1 Å². The molecule has 2 atom stereocenters. The summed E-state index contributed by atoms with van der Waals surface area (Å²) >= 11 is 6.88. The molecule has 248 valence electrons. The molecule has 47 heavy (non-hydrogen) atoms. The first-order valence-corrected chi connectivity index (χ1v) is 15.2. The van der Waals surface area contributed by atoms with Gasteiger partial charge < -0.3 is 14.5 Å². The number of carbonyl (C=O) groups is 2. The van der Waals surface area contributed by atoms with E-state index >= 15 is 4.39 Å². The predicted molar refractivity (Wildman–Crippen MR) is 183 cm³/mol. The number of fused-ring (bicyclic) bond motifs is 1. The molecule has 0 spiro atoms. The van der Waals surface area contributed by atoms with Gasteiger partial charge >= 0.3 is 11.8 Å². The first kappa shape index (κ1) is 35.0. The van der Waals surface area contributed by atoms with Gasteiger partial charge in [0.05, 0.1) is 45.8 Å². The maximum Gasteiger partial charge on any atom is 0.411 e. The Hall–Kier alpha value is -4.84. The average Bonchev–Trinajstić information content (AvgIpc) is 3.01. The van der Waals surface area contributed by atoms with Gasteiger partial charge in [0, 0.05) is 31.4 Å². The SMILES string of the molecule is C.C=CC(=O)N1C[C@H](C)N(c2nc(=O)n(-c3c(C)ccnc3C(C)C)c3nc(-c4c(F)cccc4NC(=O)OC)c(Cl)cc23)C[C@H]1C. The standard InChI is InChI=1S/C33H35ClFN7O4.CH4/c1-8-25(43)40-15-20(6)41(16-19(40)5)30-21-14-22(34)28(26-23(35)10-9-11-24(26)37-33(45)46-7)38-31(21)42(32(44)39-30)29-18(4)12-13-36-27(29)17(2)3;/h8-14,17,19-20H,1,15-16H2,2-7H3,(H,37,45);1H4/t19-,20+;/m1./s1. The van der Waals surface area contributed by atoms with Crippen molar-refractivity contribution in [2.24, 2.45) is 0 Å². The van der Waals surface area contributed by atoms with Crippen LogP contribution in [0.1, 0.15) is 52.3 Å². The molecule has 0 unspecified atom stereocenters. The number of anilines is 2. The third-order valence-electron chi connectivity index (χ3n) is 8.11. The highest BCUT2D eigenvalue weighted by atomic mass is 35.5. The van der Waals surface area contributed by atoms with Crippen LogP contribution in [0.15, 0.2) is 54.0 Å². The highest BCUT2D eigenvalue weighted by Gasteiger charge is 2.34. The van der Waals surface area contributed by atoms with Crippen molar-refractivity contribution in [2.75, 3.05) is 30.4 Å². The van der Waals surface area contributed by atoms with Crippen LogP contribution in [0.2, 0.25) is 5.02 Å². The summed E-state index contributed by atoms with van der Waals surface area (Å²) in [6.45, 7) is 14.0. The number of carbonyl (C=O) groups excluding carboxylic acids is 2. The largest absolute Gasteiger partial charge is 0.453 e. The molecule has 1 N–H and O–H groups in total. The molecule has 4 heterocycles. The molecule has 0 radical (unpaired) electrons. The number of methoxy groups -OCH3 is 1. The number of pyridine rings is 2. The van der Waals surface area contributed by atoms with E-state index in [0.29, 0.717) is 35.7 Å². The van der Waals surface area contributed by atoms with Crippen LogP contribution in [-0.4, -0.2) is 68.7 Å². The number of aromatic nitrogens is 4. The molecule has 0 saturated carbocycles. The Balaban J connectivity index is 0.00000500. The van der Waals surface area contributed by atoms with Crippen LogP contribution in [0.3, 0.4) is 0 Å². The number of halogens is 2. The van der Waals surface area contributed by atoms with E-state index in [-0.39, 0.29) is 58.9 Å². The molecule has 1 fully saturated rings. The zero-order valence-corrected chi connectivity index (χ0v) is 27.2. The van der Waals surface area contributed by atoms with Crippen molar-refractivity contribution in [1.82, 2.24) is 24.4 Å². The number of amides is 2. The molecule has 11 nitrogen and oxygen atoms in total. The summed E-state index contributed by atoms with van der Waals surface area (Å²) in [5.41, 5.74) is 1.46. The van der Waals surface area contributed by atoms with E-state index in [4.69, 9.17) is 21.3 Å². The molecule has 5 rings (SSSR count). The summed E-state index contributed by atoms with van der Waals surface area (Å²) in [5, 5.41) is 3.02. The minimum Gasteiger partial charge on any atom is -0.453 e. The van der Waals surface area contributed by atoms with Gasteiger partial charge in [0.2, 0.25) is 5.91 Å². The van der Waals surface area contributed by atoms with Crippen molar-refractivity contribution in [3.05, 3.63) is 81.8 Å². The van der Waals surface area contributed by atoms with Crippen LogP contribution in [0.4, 0.5) is 20.7 Å². The minimum absolute atomic E-state index is 0. The van der Waals surface area contributed by atoms with Crippen LogP contribution in [0.25, 0.3) is 28.0 Å². The molecule has 3 aromatic heterocycles. The Bertz CT molecular complexity index is 1930. The monoisotopic (exact) mass is 663 g/mol. The summed E-state index contributed by atoms with van der Waals surface area (Å²) in [6.07, 6.45) is 2.15. The molecule has 0 aliphatic carbocycles. The fourth-order valence-electron chi connectivity index (χ4n) is 5.86. The number of nitrogens with zero attached hydrogens (tertiary/aromatic N) is 6. The van der Waals surface area contributed by atoms with Gasteiger partial charge in [0.1, 0.15) is 11.6 Å². The Morgan fingerprint density at radius 1 is 1.17 bits per heavy atom. The smallest absolute Gasteiger partial charge is 0.411 e. The van der Waals surface area contributed by atoms with E-state index in [2.05, 4.69) is 21.9 Å². The molecule has 0 bridgehead atoms. The lowest BCUT2D eigenvalue weighted by Crippen LogP contribution is -2.58. The van der Waals surface area contributed by atoms with Crippen molar-refractivity contribution < 1.29 is 18.7 Å². The molecule has 1 aliphatic heterocycles. The van der Waals surface area contributed by atoms with Crippen LogP contribution >= 0.6 is 11.6 Å². The predicted octanol–water partition coefficient (Wildman–Crippen LogP) is 6.49. The fraction of sp³-hybridized carbons (Fsp3) is 0.353. The molecule has 13 heteroatoms. The van der Waals surface area contributed by atoms with Crippen LogP contribution < -0.4 is 15.9 Å². The number of hydrogen-bond acceptors (Lipinski definition) is 8. The normalized spacial score (nSPS) is 16.2. The van der Waals surface area contributed by atoms with E-state index in [1.165, 1.54) is 36.0 Å². The van der Waals surface area contributed by atoms with Crippen LogP contribution in [0, 0.1) is 12.7 Å². The fourth-order valence-corrected chi connectivity index (χ4v) is 6.11. The van der Waals surface area contributed by atoms with Crippen molar-refractivity contribution in [3.63, 3.8) is 0 Å². The number of rotatable bonds is 6. The number of nitrogens with one attached hydrogen (secondary N) is 1. The Morgan fingerprint density at radius 2 is 1.89 bits per heavy atom. The molecule has 2 amide bonds. The van der Waals surface area contributed by atoms with E-state index in [1.807, 2.05) is 39.5 Å². The van der Waals surface area contributed by atoms with Crippen LogP contribution in [-0.2, 0) is 9.53 Å². The quantitative estimate of drug-likeness (QED) is 0.232. The third-order valence-corrected chi connectivity index (χ3v) is 8.40. The van der Waals surface area contributed by atoms with Gasteiger partial charge in [0.25, 0.3) is 0 Å². The Morgan fingerprint density at radius 3 is 2.55 bits per heavy atom.